The summed E-state index contributed by atoms with van der Waals surface area (Å²) in [5, 5.41) is 6.13. The quantitative estimate of drug-likeness (QED) is 0.241. The Kier molecular flexibility index (Phi) is 16.2. The van der Waals surface area contributed by atoms with Crippen molar-refractivity contribution in [1.82, 2.24) is 10.6 Å². The van der Waals surface area contributed by atoms with E-state index in [9.17, 15) is 0 Å². The number of halogens is 1. The molecular formula is C11H22IN3O. The van der Waals surface area contributed by atoms with Crippen LogP contribution in [0.15, 0.2) is 4.99 Å². The van der Waals surface area contributed by atoms with Crippen LogP contribution in [0.2, 0.25) is 0 Å². The van der Waals surface area contributed by atoms with Crippen LogP contribution in [0.3, 0.4) is 0 Å². The van der Waals surface area contributed by atoms with E-state index in [1.165, 1.54) is 0 Å². The number of terminal acetylenes is 1. The van der Waals surface area contributed by atoms with E-state index in [1.54, 1.807) is 0 Å². The van der Waals surface area contributed by atoms with Crippen LogP contribution in [0.5, 0.6) is 0 Å². The number of nitrogens with zero attached hydrogens (tertiary/aromatic N) is 1. The second-order valence-corrected chi connectivity index (χ2v) is 2.87. The van der Waals surface area contributed by atoms with E-state index in [2.05, 4.69) is 21.5 Å². The van der Waals surface area contributed by atoms with Crippen LogP contribution in [0, 0.1) is 12.3 Å². The maximum atomic E-state index is 5.21. The zero-order valence-corrected chi connectivity index (χ0v) is 12.4. The molecule has 0 fully saturated rings. The number of ether oxygens (including phenoxy) is 1. The molecule has 0 unspecified atom stereocenters. The normalized spacial score (nSPS) is 10.2. The zero-order valence-electron chi connectivity index (χ0n) is 10.1. The molecule has 0 amide bonds. The molecule has 94 valence electrons. The molecule has 2 N–H and O–H groups in total. The second kappa shape index (κ2) is 14.5. The molecule has 0 saturated heterocycles. The van der Waals surface area contributed by atoms with Gasteiger partial charge in [-0.1, -0.05) is 5.92 Å². The summed E-state index contributed by atoms with van der Waals surface area (Å²) in [7, 11) is 0. The molecule has 0 aliphatic carbocycles. The topological polar surface area (TPSA) is 45.7 Å². The van der Waals surface area contributed by atoms with E-state index in [0.717, 1.165) is 38.7 Å². The lowest BCUT2D eigenvalue weighted by Gasteiger charge is -2.08. The molecular weight excluding hydrogens is 317 g/mol. The molecule has 0 aromatic heterocycles. The van der Waals surface area contributed by atoms with Crippen LogP contribution in [-0.4, -0.2) is 38.8 Å². The van der Waals surface area contributed by atoms with Gasteiger partial charge in [-0.25, -0.2) is 0 Å². The van der Waals surface area contributed by atoms with Crippen LogP contribution in [0.25, 0.3) is 0 Å². The third-order valence-corrected chi connectivity index (χ3v) is 1.62. The van der Waals surface area contributed by atoms with Crippen molar-refractivity contribution in [3.8, 4) is 12.3 Å². The molecule has 5 heteroatoms. The Labute approximate surface area is 116 Å². The van der Waals surface area contributed by atoms with E-state index in [-0.39, 0.29) is 24.0 Å². The van der Waals surface area contributed by atoms with Gasteiger partial charge >= 0.3 is 0 Å². The van der Waals surface area contributed by atoms with Gasteiger partial charge in [-0.15, -0.1) is 30.4 Å². The minimum Gasteiger partial charge on any atom is -0.382 e. The number of hydrogen-bond acceptors (Lipinski definition) is 2. The van der Waals surface area contributed by atoms with Crippen molar-refractivity contribution in [2.45, 2.75) is 20.3 Å². The van der Waals surface area contributed by atoms with Crippen molar-refractivity contribution in [2.24, 2.45) is 4.99 Å². The van der Waals surface area contributed by atoms with Gasteiger partial charge in [0.25, 0.3) is 0 Å². The average Bonchev–Trinajstić information content (AvgIpc) is 2.25. The van der Waals surface area contributed by atoms with Crippen molar-refractivity contribution in [3.05, 3.63) is 0 Å². The Morgan fingerprint density at radius 1 is 1.38 bits per heavy atom. The van der Waals surface area contributed by atoms with Crippen molar-refractivity contribution < 1.29 is 4.74 Å². The van der Waals surface area contributed by atoms with Gasteiger partial charge in [0.15, 0.2) is 5.96 Å². The van der Waals surface area contributed by atoms with Crippen molar-refractivity contribution in [2.75, 3.05) is 32.8 Å². The van der Waals surface area contributed by atoms with Gasteiger partial charge in [0.2, 0.25) is 0 Å². The number of aliphatic imine (C=N–C) groups is 1. The van der Waals surface area contributed by atoms with Crippen LogP contribution in [-0.2, 0) is 4.74 Å². The maximum Gasteiger partial charge on any atom is 0.192 e. The van der Waals surface area contributed by atoms with Crippen LogP contribution in [0.4, 0.5) is 0 Å². The summed E-state index contributed by atoms with van der Waals surface area (Å²) >= 11 is 0. The zero-order chi connectivity index (χ0) is 11.4. The highest BCUT2D eigenvalue weighted by Gasteiger charge is 1.93. The Bertz CT molecular complexity index is 214. The molecule has 4 nitrogen and oxygen atoms in total. The van der Waals surface area contributed by atoms with Gasteiger partial charge in [-0.05, 0) is 20.3 Å². The first-order valence-corrected chi connectivity index (χ1v) is 5.38. The predicted octanol–water partition coefficient (Wildman–Crippen LogP) is 1.22. The maximum absolute atomic E-state index is 5.21. The lowest BCUT2D eigenvalue weighted by molar-refractivity contribution is 0.146. The Balaban J connectivity index is 0. The lowest BCUT2D eigenvalue weighted by atomic mass is 10.4. The van der Waals surface area contributed by atoms with Crippen LogP contribution in [0.1, 0.15) is 20.3 Å². The summed E-state index contributed by atoms with van der Waals surface area (Å²) in [4.78, 5) is 4.34. The largest absolute Gasteiger partial charge is 0.382 e. The molecule has 0 aliphatic heterocycles. The average molecular weight is 339 g/mol. The SMILES string of the molecule is C#CCNC(=NCCCOCC)NCC.I. The first-order chi connectivity index (χ1) is 7.35. The van der Waals surface area contributed by atoms with Gasteiger partial charge in [-0.2, -0.15) is 0 Å². The standard InChI is InChI=1S/C11H21N3O.HI/c1-4-8-13-11(12-5-2)14-9-7-10-15-6-3;/h1H,5-10H2,2-3H3,(H2,12,13,14);1H. The van der Waals surface area contributed by atoms with Gasteiger partial charge in [0, 0.05) is 26.3 Å². The monoisotopic (exact) mass is 339 g/mol. The summed E-state index contributed by atoms with van der Waals surface area (Å²) < 4.78 is 5.21. The summed E-state index contributed by atoms with van der Waals surface area (Å²) in [6, 6.07) is 0. The minimum absolute atomic E-state index is 0. The molecule has 0 aromatic rings. The molecule has 0 radical (unpaired) electrons. The Morgan fingerprint density at radius 3 is 2.69 bits per heavy atom. The molecule has 0 aliphatic rings. The molecule has 0 rings (SSSR count). The van der Waals surface area contributed by atoms with E-state index in [0.29, 0.717) is 6.54 Å². The molecule has 0 spiro atoms. The highest BCUT2D eigenvalue weighted by molar-refractivity contribution is 14.0. The smallest absolute Gasteiger partial charge is 0.192 e. The molecule has 0 heterocycles. The third kappa shape index (κ3) is 11.6. The number of nitrogens with one attached hydrogen (secondary N) is 2. The Hall–Kier alpha value is -0.480. The molecule has 0 bridgehead atoms. The van der Waals surface area contributed by atoms with E-state index in [1.807, 2.05) is 13.8 Å². The van der Waals surface area contributed by atoms with E-state index in [4.69, 9.17) is 11.2 Å². The van der Waals surface area contributed by atoms with E-state index >= 15 is 0 Å². The molecule has 16 heavy (non-hydrogen) atoms. The second-order valence-electron chi connectivity index (χ2n) is 2.87. The van der Waals surface area contributed by atoms with Gasteiger partial charge in [0.1, 0.15) is 0 Å². The van der Waals surface area contributed by atoms with Crippen LogP contribution < -0.4 is 10.6 Å². The number of guanidine groups is 1. The summed E-state index contributed by atoms with van der Waals surface area (Å²) in [6.45, 7) is 7.61. The fourth-order valence-corrected chi connectivity index (χ4v) is 0.978. The first-order valence-electron chi connectivity index (χ1n) is 5.38. The summed E-state index contributed by atoms with van der Waals surface area (Å²) in [6.07, 6.45) is 6.08. The highest BCUT2D eigenvalue weighted by Crippen LogP contribution is 1.84. The Morgan fingerprint density at radius 2 is 2.12 bits per heavy atom. The molecule has 0 atom stereocenters. The lowest BCUT2D eigenvalue weighted by Crippen LogP contribution is -2.37. The fourth-order valence-electron chi connectivity index (χ4n) is 0.978. The van der Waals surface area contributed by atoms with Crippen molar-refractivity contribution in [3.63, 3.8) is 0 Å². The van der Waals surface area contributed by atoms with Gasteiger partial charge < -0.3 is 15.4 Å². The fraction of sp³-hybridized carbons (Fsp3) is 0.727. The molecule has 0 saturated carbocycles. The highest BCUT2D eigenvalue weighted by atomic mass is 127. The first kappa shape index (κ1) is 17.9. The van der Waals surface area contributed by atoms with Gasteiger partial charge in [-0.3, -0.25) is 4.99 Å². The third-order valence-electron chi connectivity index (χ3n) is 1.62. The van der Waals surface area contributed by atoms with E-state index < -0.39 is 0 Å². The summed E-state index contributed by atoms with van der Waals surface area (Å²) in [5.41, 5.74) is 0. The minimum atomic E-state index is 0. The molecule has 0 aromatic carbocycles. The van der Waals surface area contributed by atoms with Crippen LogP contribution >= 0.6 is 24.0 Å². The predicted molar refractivity (Wildman–Crippen MR) is 79.3 cm³/mol. The van der Waals surface area contributed by atoms with Gasteiger partial charge in [0.05, 0.1) is 6.54 Å². The van der Waals surface area contributed by atoms with Crippen molar-refractivity contribution >= 4 is 29.9 Å². The summed E-state index contributed by atoms with van der Waals surface area (Å²) in [5.74, 6) is 3.28. The van der Waals surface area contributed by atoms with Crippen molar-refractivity contribution in [1.29, 1.82) is 0 Å². The number of rotatable bonds is 7. The number of hydrogen-bond donors (Lipinski definition) is 2.